The van der Waals surface area contributed by atoms with E-state index in [1.807, 2.05) is 19.1 Å². The summed E-state index contributed by atoms with van der Waals surface area (Å²) in [7, 11) is -2.98. The first-order chi connectivity index (χ1) is 7.84. The van der Waals surface area contributed by atoms with Gasteiger partial charge < -0.3 is 5.32 Å². The van der Waals surface area contributed by atoms with E-state index in [0.29, 0.717) is 5.02 Å². The van der Waals surface area contributed by atoms with Crippen LogP contribution in [0, 0.1) is 0 Å². The maximum Gasteiger partial charge on any atom is 0.152 e. The molecule has 6 heteroatoms. The molecule has 0 aliphatic heterocycles. The summed E-state index contributed by atoms with van der Waals surface area (Å²) in [4.78, 5) is 0. The Labute approximate surface area is 116 Å². The molecule has 1 rings (SSSR count). The summed E-state index contributed by atoms with van der Waals surface area (Å²) in [5.41, 5.74) is 0.736. The fourth-order valence-electron chi connectivity index (χ4n) is 1.41. The van der Waals surface area contributed by atoms with E-state index in [0.717, 1.165) is 10.2 Å². The summed E-state index contributed by atoms with van der Waals surface area (Å²) in [5, 5.41) is 3.68. The van der Waals surface area contributed by atoms with Crippen molar-refractivity contribution in [3.63, 3.8) is 0 Å². The molecule has 1 unspecified atom stereocenters. The van der Waals surface area contributed by atoms with Gasteiger partial charge in [0.1, 0.15) is 0 Å². The molecule has 0 aliphatic rings. The lowest BCUT2D eigenvalue weighted by Gasteiger charge is -2.16. The molecule has 0 saturated heterocycles. The molecule has 0 amide bonds. The Kier molecular flexibility index (Phi) is 5.28. The van der Waals surface area contributed by atoms with Gasteiger partial charge in [-0.1, -0.05) is 34.5 Å². The van der Waals surface area contributed by atoms with Gasteiger partial charge in [-0.25, -0.2) is 8.42 Å². The summed E-state index contributed by atoms with van der Waals surface area (Å²) in [6.07, 6.45) is 0. The number of benzene rings is 1. The summed E-state index contributed by atoms with van der Waals surface area (Å²) in [6, 6.07) is 5.25. The molecule has 1 aromatic rings. The van der Waals surface area contributed by atoms with Crippen molar-refractivity contribution < 1.29 is 8.42 Å². The minimum absolute atomic E-state index is 0.104. The molecule has 0 saturated carbocycles. The van der Waals surface area contributed by atoms with Crippen LogP contribution in [-0.2, 0) is 9.84 Å². The van der Waals surface area contributed by atoms with E-state index in [4.69, 9.17) is 11.6 Å². The van der Waals surface area contributed by atoms with Crippen molar-refractivity contribution in [3.05, 3.63) is 27.7 Å². The molecule has 0 fully saturated rings. The van der Waals surface area contributed by atoms with Crippen LogP contribution in [0.2, 0.25) is 5.02 Å². The first-order valence-electron chi connectivity index (χ1n) is 5.26. The van der Waals surface area contributed by atoms with Crippen molar-refractivity contribution in [1.82, 2.24) is 0 Å². The lowest BCUT2D eigenvalue weighted by Crippen LogP contribution is -2.26. The average Bonchev–Trinajstić information content (AvgIpc) is 2.23. The predicted octanol–water partition coefficient (Wildman–Crippen LogP) is 3.34. The molecule has 1 atom stereocenters. The van der Waals surface area contributed by atoms with Crippen molar-refractivity contribution in [1.29, 1.82) is 0 Å². The number of hydrogen-bond acceptors (Lipinski definition) is 3. The summed E-state index contributed by atoms with van der Waals surface area (Å²) >= 11 is 9.36. The monoisotopic (exact) mass is 339 g/mol. The van der Waals surface area contributed by atoms with Gasteiger partial charge in [-0.05, 0) is 25.1 Å². The topological polar surface area (TPSA) is 46.2 Å². The summed E-state index contributed by atoms with van der Waals surface area (Å²) < 4.78 is 23.8. The van der Waals surface area contributed by atoms with Gasteiger partial charge in [0.2, 0.25) is 0 Å². The SMILES string of the molecule is CCS(=O)(=O)CC(C)Nc1cc(Br)ccc1Cl. The summed E-state index contributed by atoms with van der Waals surface area (Å²) in [5.74, 6) is 0.261. The molecular formula is C11H15BrClNO2S. The van der Waals surface area contributed by atoms with Crippen LogP contribution < -0.4 is 5.32 Å². The zero-order valence-electron chi connectivity index (χ0n) is 9.70. The van der Waals surface area contributed by atoms with Gasteiger partial charge >= 0.3 is 0 Å². The average molecular weight is 341 g/mol. The minimum Gasteiger partial charge on any atom is -0.380 e. The van der Waals surface area contributed by atoms with E-state index in [1.165, 1.54) is 0 Å². The highest BCUT2D eigenvalue weighted by Gasteiger charge is 2.14. The molecule has 96 valence electrons. The Bertz CT molecular complexity index is 490. The van der Waals surface area contributed by atoms with Crippen molar-refractivity contribution >= 4 is 43.1 Å². The molecule has 0 spiro atoms. The Morgan fingerprint density at radius 2 is 2.12 bits per heavy atom. The molecule has 1 aromatic carbocycles. The fraction of sp³-hybridized carbons (Fsp3) is 0.455. The first kappa shape index (κ1) is 14.8. The van der Waals surface area contributed by atoms with Gasteiger partial charge in [-0.3, -0.25) is 0 Å². The highest BCUT2D eigenvalue weighted by atomic mass is 79.9. The summed E-state index contributed by atoms with van der Waals surface area (Å²) in [6.45, 7) is 3.47. The van der Waals surface area contributed by atoms with Crippen LogP contribution in [0.15, 0.2) is 22.7 Å². The Morgan fingerprint density at radius 3 is 2.71 bits per heavy atom. The first-order valence-corrected chi connectivity index (χ1v) is 8.25. The second-order valence-corrected chi connectivity index (χ2v) is 7.59. The number of nitrogens with one attached hydrogen (secondary N) is 1. The van der Waals surface area contributed by atoms with Crippen LogP contribution in [0.25, 0.3) is 0 Å². The molecular weight excluding hydrogens is 326 g/mol. The number of anilines is 1. The van der Waals surface area contributed by atoms with Crippen LogP contribution in [0.5, 0.6) is 0 Å². The molecule has 0 aromatic heterocycles. The molecule has 0 aliphatic carbocycles. The Hall–Kier alpha value is -0.260. The number of rotatable bonds is 5. The standard InChI is InChI=1S/C11H15BrClNO2S/c1-3-17(15,16)7-8(2)14-11-6-9(12)4-5-10(11)13/h4-6,8,14H,3,7H2,1-2H3. The third-order valence-electron chi connectivity index (χ3n) is 2.27. The van der Waals surface area contributed by atoms with Gasteiger partial charge in [0, 0.05) is 16.3 Å². The van der Waals surface area contributed by atoms with E-state index < -0.39 is 9.84 Å². The van der Waals surface area contributed by atoms with Crippen LogP contribution >= 0.6 is 27.5 Å². The number of halogens is 2. The minimum atomic E-state index is -2.98. The van der Waals surface area contributed by atoms with E-state index in [-0.39, 0.29) is 17.5 Å². The Morgan fingerprint density at radius 1 is 1.47 bits per heavy atom. The molecule has 3 nitrogen and oxygen atoms in total. The molecule has 0 heterocycles. The second kappa shape index (κ2) is 6.07. The zero-order chi connectivity index (χ0) is 13.1. The maximum atomic E-state index is 11.5. The van der Waals surface area contributed by atoms with Crippen molar-refractivity contribution in [3.8, 4) is 0 Å². The smallest absolute Gasteiger partial charge is 0.152 e. The molecule has 17 heavy (non-hydrogen) atoms. The van der Waals surface area contributed by atoms with Crippen LogP contribution in [0.1, 0.15) is 13.8 Å². The lowest BCUT2D eigenvalue weighted by molar-refractivity contribution is 0.593. The third-order valence-corrected chi connectivity index (χ3v) is 4.98. The normalized spacial score (nSPS) is 13.4. The molecule has 0 radical (unpaired) electrons. The molecule has 1 N–H and O–H groups in total. The highest BCUT2D eigenvalue weighted by molar-refractivity contribution is 9.10. The molecule has 0 bridgehead atoms. The van der Waals surface area contributed by atoms with E-state index in [2.05, 4.69) is 21.2 Å². The largest absolute Gasteiger partial charge is 0.380 e. The van der Waals surface area contributed by atoms with Gasteiger partial charge in [-0.15, -0.1) is 0 Å². The van der Waals surface area contributed by atoms with Crippen molar-refractivity contribution in [2.24, 2.45) is 0 Å². The highest BCUT2D eigenvalue weighted by Crippen LogP contribution is 2.26. The lowest BCUT2D eigenvalue weighted by atomic mass is 10.3. The fourth-order valence-corrected chi connectivity index (χ4v) is 3.03. The zero-order valence-corrected chi connectivity index (χ0v) is 12.9. The third kappa shape index (κ3) is 4.85. The van der Waals surface area contributed by atoms with Gasteiger partial charge in [-0.2, -0.15) is 0 Å². The van der Waals surface area contributed by atoms with E-state index >= 15 is 0 Å². The predicted molar refractivity (Wildman–Crippen MR) is 76.6 cm³/mol. The maximum absolute atomic E-state index is 11.5. The van der Waals surface area contributed by atoms with E-state index in [9.17, 15) is 8.42 Å². The second-order valence-electron chi connectivity index (χ2n) is 3.87. The van der Waals surface area contributed by atoms with Crippen molar-refractivity contribution in [2.45, 2.75) is 19.9 Å². The van der Waals surface area contributed by atoms with Crippen LogP contribution in [-0.4, -0.2) is 26.0 Å². The van der Waals surface area contributed by atoms with Crippen LogP contribution in [0.3, 0.4) is 0 Å². The van der Waals surface area contributed by atoms with E-state index in [1.54, 1.807) is 13.0 Å². The number of hydrogen-bond donors (Lipinski definition) is 1. The van der Waals surface area contributed by atoms with Crippen LogP contribution in [0.4, 0.5) is 5.69 Å². The number of sulfone groups is 1. The quantitative estimate of drug-likeness (QED) is 0.894. The van der Waals surface area contributed by atoms with Gasteiger partial charge in [0.25, 0.3) is 0 Å². The van der Waals surface area contributed by atoms with Crippen molar-refractivity contribution in [2.75, 3.05) is 16.8 Å². The Balaban J connectivity index is 2.74. The van der Waals surface area contributed by atoms with Gasteiger partial charge in [0.05, 0.1) is 16.5 Å². The van der Waals surface area contributed by atoms with Gasteiger partial charge in [0.15, 0.2) is 9.84 Å².